The molecule has 2 N–H and O–H groups in total. The molecule has 48 heavy (non-hydrogen) atoms. The van der Waals surface area contributed by atoms with Crippen molar-refractivity contribution in [3.8, 4) is 22.8 Å². The fraction of sp³-hybridized carbons (Fsp3) is 0.429. The average Bonchev–Trinajstić information content (AvgIpc) is 3.97. The minimum Gasteiger partial charge on any atom is -0.494 e. The molecule has 0 spiro atoms. The fourth-order valence-electron chi connectivity index (χ4n) is 6.06. The van der Waals surface area contributed by atoms with Crippen LogP contribution in [-0.2, 0) is 24.3 Å². The third-order valence-corrected chi connectivity index (χ3v) is 10.6. The number of fused-ring (bicyclic) bond motifs is 1. The van der Waals surface area contributed by atoms with Crippen molar-refractivity contribution in [3.63, 3.8) is 0 Å². The molecule has 254 valence electrons. The molecule has 3 amide bonds. The van der Waals surface area contributed by atoms with Gasteiger partial charge in [0.05, 0.1) is 24.6 Å². The maximum absolute atomic E-state index is 14.0. The molecule has 2 aromatic carbocycles. The minimum atomic E-state index is -3.85. The largest absolute Gasteiger partial charge is 0.494 e. The van der Waals surface area contributed by atoms with Crippen LogP contribution in [0.15, 0.2) is 67.3 Å². The number of benzene rings is 2. The average molecular weight is 677 g/mol. The lowest BCUT2D eigenvalue weighted by atomic mass is 10.1. The maximum atomic E-state index is 14.0. The van der Waals surface area contributed by atoms with E-state index in [-0.39, 0.29) is 19.4 Å². The lowest BCUT2D eigenvalue weighted by Crippen LogP contribution is -2.56. The molecule has 3 aliphatic rings. The molecule has 2 heterocycles. The molecule has 3 fully saturated rings. The second-order valence-corrected chi connectivity index (χ2v) is 15.5. The Labute approximate surface area is 279 Å². The lowest BCUT2D eigenvalue weighted by molar-refractivity contribution is -0.131. The summed E-state index contributed by atoms with van der Waals surface area (Å²) < 4.78 is 45.2. The molecular weight excluding hydrogens is 636 g/mol. The predicted molar refractivity (Wildman–Crippen MR) is 179 cm³/mol. The second kappa shape index (κ2) is 12.4. The molecule has 6 rings (SSSR count). The summed E-state index contributed by atoms with van der Waals surface area (Å²) >= 11 is 0. The van der Waals surface area contributed by atoms with E-state index >= 15 is 0 Å². The number of pyridine rings is 1. The van der Waals surface area contributed by atoms with Gasteiger partial charge in [0.1, 0.15) is 40.3 Å². The fourth-order valence-corrected chi connectivity index (χ4v) is 7.43. The van der Waals surface area contributed by atoms with Gasteiger partial charge < -0.3 is 19.5 Å². The highest BCUT2D eigenvalue weighted by Crippen LogP contribution is 2.45. The van der Waals surface area contributed by atoms with E-state index in [1.807, 2.05) is 54.6 Å². The van der Waals surface area contributed by atoms with Crippen LogP contribution >= 0.6 is 0 Å². The van der Waals surface area contributed by atoms with E-state index in [4.69, 9.17) is 19.2 Å². The number of hydrogen-bond acceptors (Lipinski definition) is 9. The Balaban J connectivity index is 1.30. The van der Waals surface area contributed by atoms with E-state index in [0.717, 1.165) is 5.56 Å². The third-order valence-electron chi connectivity index (χ3n) is 8.79. The van der Waals surface area contributed by atoms with E-state index in [2.05, 4.69) is 16.6 Å². The van der Waals surface area contributed by atoms with Crippen LogP contribution in [0.4, 0.5) is 4.79 Å². The standard InChI is InChI=1S/C35H40N4O8S/c1-6-22-19-35(22,32(41)38-48(43,44)24-15-16-24)37-31(40)27-17-23(20-39(27)33(42)47-34(2,3)4)46-29-18-26(21-11-8-7-9-12-21)36-30-25(29)13-10-14-28(30)45-5/h6-14,18,22-24,27H,1,15-17,19-20H2,2-5H3,(H,37,40)(H,38,41)/t22-,23-,27+,35-/m1/s1. The summed E-state index contributed by atoms with van der Waals surface area (Å²) in [5.41, 5.74) is -0.241. The van der Waals surface area contributed by atoms with Gasteiger partial charge in [-0.1, -0.05) is 42.5 Å². The molecule has 0 radical (unpaired) electrons. The molecule has 1 aliphatic heterocycles. The van der Waals surface area contributed by atoms with Crippen molar-refractivity contribution in [1.29, 1.82) is 0 Å². The number of ether oxygens (including phenoxy) is 3. The number of amides is 3. The molecule has 13 heteroatoms. The van der Waals surface area contributed by atoms with Crippen LogP contribution in [0.25, 0.3) is 22.2 Å². The number of methoxy groups -OCH3 is 1. The van der Waals surface area contributed by atoms with E-state index in [9.17, 15) is 22.8 Å². The first-order valence-corrected chi connectivity index (χ1v) is 17.5. The van der Waals surface area contributed by atoms with Gasteiger partial charge in [0.2, 0.25) is 15.9 Å². The van der Waals surface area contributed by atoms with Gasteiger partial charge in [-0.2, -0.15) is 0 Å². The Bertz CT molecular complexity index is 1870. The normalized spacial score (nSPS) is 23.7. The van der Waals surface area contributed by atoms with Crippen molar-refractivity contribution < 1.29 is 37.0 Å². The van der Waals surface area contributed by atoms with Crippen molar-refractivity contribution in [3.05, 3.63) is 67.3 Å². The van der Waals surface area contributed by atoms with Crippen molar-refractivity contribution in [2.24, 2.45) is 5.92 Å². The number of nitrogens with zero attached hydrogens (tertiary/aromatic N) is 2. The minimum absolute atomic E-state index is 0.0155. The first-order chi connectivity index (χ1) is 22.7. The molecule has 2 aliphatic carbocycles. The van der Waals surface area contributed by atoms with Crippen LogP contribution in [0.2, 0.25) is 0 Å². The summed E-state index contributed by atoms with van der Waals surface area (Å²) in [5.74, 6) is -0.867. The predicted octanol–water partition coefficient (Wildman–Crippen LogP) is 4.34. The molecular formula is C35H40N4O8S. The topological polar surface area (TPSA) is 153 Å². The quantitative estimate of drug-likeness (QED) is 0.299. The van der Waals surface area contributed by atoms with Crippen molar-refractivity contribution in [2.75, 3.05) is 13.7 Å². The van der Waals surface area contributed by atoms with Gasteiger partial charge in [0.15, 0.2) is 0 Å². The Morgan fingerprint density at radius 2 is 1.79 bits per heavy atom. The summed E-state index contributed by atoms with van der Waals surface area (Å²) in [6.07, 6.45) is 1.37. The van der Waals surface area contributed by atoms with Crippen molar-refractivity contribution >= 4 is 38.8 Å². The first kappa shape index (κ1) is 33.3. The molecule has 0 bridgehead atoms. The van der Waals surface area contributed by atoms with Crippen LogP contribution in [0, 0.1) is 5.92 Å². The van der Waals surface area contributed by atoms with Crippen LogP contribution < -0.4 is 19.5 Å². The zero-order valence-corrected chi connectivity index (χ0v) is 28.2. The summed E-state index contributed by atoms with van der Waals surface area (Å²) in [6, 6.07) is 15.9. The number of carbonyl (C=O) groups excluding carboxylic acids is 3. The van der Waals surface area contributed by atoms with Crippen LogP contribution in [0.5, 0.6) is 11.5 Å². The summed E-state index contributed by atoms with van der Waals surface area (Å²) in [4.78, 5) is 46.9. The SMILES string of the molecule is C=C[C@@H]1C[C@]1(NC(=O)[C@@H]1C[C@@H](Oc2cc(-c3ccccc3)nc3c(OC)cccc23)CN1C(=O)OC(C)(C)C)C(=O)NS(=O)(=O)C1CC1. The Hall–Kier alpha value is -4.65. The number of para-hydroxylation sites is 1. The smallest absolute Gasteiger partial charge is 0.411 e. The maximum Gasteiger partial charge on any atom is 0.411 e. The summed E-state index contributed by atoms with van der Waals surface area (Å²) in [5, 5.41) is 2.85. The Morgan fingerprint density at radius 3 is 2.42 bits per heavy atom. The molecule has 1 saturated heterocycles. The van der Waals surface area contributed by atoms with Gasteiger partial charge >= 0.3 is 6.09 Å². The number of carbonyl (C=O) groups is 3. The Morgan fingerprint density at radius 1 is 1.06 bits per heavy atom. The molecule has 0 unspecified atom stereocenters. The van der Waals surface area contributed by atoms with Crippen LogP contribution in [0.3, 0.4) is 0 Å². The van der Waals surface area contributed by atoms with Gasteiger partial charge in [-0.05, 0) is 52.2 Å². The monoisotopic (exact) mass is 676 g/mol. The van der Waals surface area contributed by atoms with E-state index in [1.165, 1.54) is 11.0 Å². The van der Waals surface area contributed by atoms with Gasteiger partial charge in [-0.15, -0.1) is 6.58 Å². The van der Waals surface area contributed by atoms with E-state index < -0.39 is 62.4 Å². The summed E-state index contributed by atoms with van der Waals surface area (Å²) in [6.45, 7) is 8.95. The number of likely N-dealkylation sites (tertiary alicyclic amines) is 1. The van der Waals surface area contributed by atoms with Gasteiger partial charge in [-0.3, -0.25) is 19.2 Å². The number of nitrogens with one attached hydrogen (secondary N) is 2. The van der Waals surface area contributed by atoms with E-state index in [1.54, 1.807) is 27.9 Å². The molecule has 4 atom stereocenters. The van der Waals surface area contributed by atoms with Gasteiger partial charge in [-0.25, -0.2) is 18.2 Å². The molecule has 12 nitrogen and oxygen atoms in total. The number of sulfonamides is 1. The number of hydrogen-bond donors (Lipinski definition) is 2. The van der Waals surface area contributed by atoms with Crippen molar-refractivity contribution in [2.45, 2.75) is 75.0 Å². The lowest BCUT2D eigenvalue weighted by Gasteiger charge is -2.29. The van der Waals surface area contributed by atoms with Gasteiger partial charge in [0.25, 0.3) is 5.91 Å². The first-order valence-electron chi connectivity index (χ1n) is 15.9. The number of aromatic nitrogens is 1. The summed E-state index contributed by atoms with van der Waals surface area (Å²) in [7, 11) is -2.29. The zero-order valence-electron chi connectivity index (χ0n) is 27.4. The van der Waals surface area contributed by atoms with E-state index in [0.29, 0.717) is 40.9 Å². The van der Waals surface area contributed by atoms with Crippen LogP contribution in [-0.4, -0.2) is 78.4 Å². The highest BCUT2D eigenvalue weighted by molar-refractivity contribution is 7.91. The molecule has 2 saturated carbocycles. The Kier molecular flexibility index (Phi) is 8.61. The highest BCUT2D eigenvalue weighted by atomic mass is 32.2. The van der Waals surface area contributed by atoms with Gasteiger partial charge in [0, 0.05) is 29.4 Å². The third kappa shape index (κ3) is 6.69. The zero-order chi connectivity index (χ0) is 34.4. The second-order valence-electron chi connectivity index (χ2n) is 13.5. The van der Waals surface area contributed by atoms with Crippen molar-refractivity contribution in [1.82, 2.24) is 19.9 Å². The highest BCUT2D eigenvalue weighted by Gasteiger charge is 2.62. The molecule has 1 aromatic heterocycles. The molecule has 3 aromatic rings. The number of rotatable bonds is 10. The van der Waals surface area contributed by atoms with Crippen LogP contribution in [0.1, 0.15) is 46.5 Å².